The molecule has 2 N–H and O–H groups in total. The van der Waals surface area contributed by atoms with Gasteiger partial charge in [0.25, 0.3) is 11.8 Å². The normalized spacial score (nSPS) is 21.2. The van der Waals surface area contributed by atoms with Gasteiger partial charge in [-0.05, 0) is 56.2 Å². The number of aryl methyl sites for hydroxylation is 1. The Labute approximate surface area is 175 Å². The maximum Gasteiger partial charge on any atom is 0.260 e. The first-order valence-corrected chi connectivity index (χ1v) is 10.5. The van der Waals surface area contributed by atoms with E-state index in [2.05, 4.69) is 10.3 Å². The number of hydrogen-bond acceptors (Lipinski definition) is 4. The van der Waals surface area contributed by atoms with Gasteiger partial charge in [0.15, 0.2) is 6.61 Å². The van der Waals surface area contributed by atoms with Gasteiger partial charge in [-0.15, -0.1) is 0 Å². The van der Waals surface area contributed by atoms with Gasteiger partial charge in [-0.1, -0.05) is 18.2 Å². The number of carbonyl (C=O) groups is 2. The average molecular weight is 409 g/mol. The Kier molecular flexibility index (Phi) is 5.88. The number of H-pyrrole nitrogens is 1. The molecule has 1 aromatic carbocycles. The van der Waals surface area contributed by atoms with Crippen LogP contribution in [-0.4, -0.2) is 47.4 Å². The number of nitrogens with one attached hydrogen (secondary N) is 2. The van der Waals surface area contributed by atoms with Crippen LogP contribution in [0.2, 0.25) is 0 Å². The molecule has 0 bridgehead atoms. The minimum Gasteiger partial charge on any atom is -0.484 e. The maximum atomic E-state index is 12.4. The number of aromatic amines is 1. The van der Waals surface area contributed by atoms with E-state index in [1.54, 1.807) is 13.0 Å². The van der Waals surface area contributed by atoms with E-state index in [4.69, 9.17) is 4.74 Å². The summed E-state index contributed by atoms with van der Waals surface area (Å²) >= 11 is 0. The predicted molar refractivity (Wildman–Crippen MR) is 112 cm³/mol. The summed E-state index contributed by atoms with van der Waals surface area (Å²) in [6, 6.07) is 12.5. The van der Waals surface area contributed by atoms with Crippen molar-refractivity contribution in [2.24, 2.45) is 11.8 Å². The number of aromatic nitrogens is 1. The van der Waals surface area contributed by atoms with Crippen LogP contribution in [0, 0.1) is 18.8 Å². The van der Waals surface area contributed by atoms with Crippen molar-refractivity contribution in [1.29, 1.82) is 0 Å². The summed E-state index contributed by atoms with van der Waals surface area (Å²) in [4.78, 5) is 40.9. The van der Waals surface area contributed by atoms with Gasteiger partial charge in [-0.25, -0.2) is 0 Å². The third kappa shape index (κ3) is 4.90. The molecule has 0 unspecified atom stereocenters. The molecule has 2 atom stereocenters. The summed E-state index contributed by atoms with van der Waals surface area (Å²) in [7, 11) is 0. The molecule has 0 spiro atoms. The quantitative estimate of drug-likeness (QED) is 0.765. The van der Waals surface area contributed by atoms with Crippen LogP contribution in [0.25, 0.3) is 0 Å². The zero-order valence-corrected chi connectivity index (χ0v) is 17.1. The third-order valence-electron chi connectivity index (χ3n) is 6.00. The number of carbonyl (C=O) groups excluding carboxylic acids is 2. The summed E-state index contributed by atoms with van der Waals surface area (Å²) < 4.78 is 5.56. The number of para-hydroxylation sites is 1. The van der Waals surface area contributed by atoms with Crippen LogP contribution in [-0.2, 0) is 4.79 Å². The summed E-state index contributed by atoms with van der Waals surface area (Å²) in [5, 5.41) is 3.05. The molecule has 2 aromatic rings. The molecular weight excluding hydrogens is 382 g/mol. The molecule has 1 aromatic heterocycles. The molecule has 7 heteroatoms. The van der Waals surface area contributed by atoms with Crippen molar-refractivity contribution in [3.63, 3.8) is 0 Å². The first-order valence-electron chi connectivity index (χ1n) is 10.5. The van der Waals surface area contributed by atoms with Gasteiger partial charge in [0.05, 0.1) is 0 Å². The van der Waals surface area contributed by atoms with E-state index in [0.29, 0.717) is 28.8 Å². The van der Waals surface area contributed by atoms with E-state index in [1.807, 2.05) is 35.2 Å². The Hall–Kier alpha value is -3.09. The molecule has 1 saturated heterocycles. The number of pyridine rings is 1. The molecule has 7 nitrogen and oxygen atoms in total. The molecule has 2 amide bonds. The second-order valence-corrected chi connectivity index (χ2v) is 8.22. The zero-order chi connectivity index (χ0) is 21.1. The Balaban J connectivity index is 1.21. The van der Waals surface area contributed by atoms with Crippen molar-refractivity contribution >= 4 is 11.8 Å². The van der Waals surface area contributed by atoms with Gasteiger partial charge in [0.2, 0.25) is 5.56 Å². The topological polar surface area (TPSA) is 91.5 Å². The van der Waals surface area contributed by atoms with Crippen LogP contribution in [0.5, 0.6) is 5.75 Å². The molecule has 0 radical (unpaired) electrons. The van der Waals surface area contributed by atoms with Crippen molar-refractivity contribution in [3.05, 3.63) is 64.1 Å². The van der Waals surface area contributed by atoms with Gasteiger partial charge in [0.1, 0.15) is 5.75 Å². The monoisotopic (exact) mass is 409 g/mol. The second-order valence-electron chi connectivity index (χ2n) is 8.22. The van der Waals surface area contributed by atoms with Crippen molar-refractivity contribution in [3.8, 4) is 5.75 Å². The van der Waals surface area contributed by atoms with Crippen LogP contribution < -0.4 is 15.6 Å². The summed E-state index contributed by atoms with van der Waals surface area (Å²) in [6.07, 6.45) is 2.85. The largest absolute Gasteiger partial charge is 0.484 e. The molecule has 2 heterocycles. The van der Waals surface area contributed by atoms with Crippen molar-refractivity contribution in [1.82, 2.24) is 15.2 Å². The SMILES string of the molecule is Cc1cc(C(=O)N[C@@H]2C[C@H]2C2CCN(C(=O)COc3ccccc3)CC2)cc(=O)[nH]1. The number of piperidine rings is 1. The highest BCUT2D eigenvalue weighted by Crippen LogP contribution is 2.42. The lowest BCUT2D eigenvalue weighted by Crippen LogP contribution is -2.42. The number of amides is 2. The highest BCUT2D eigenvalue weighted by molar-refractivity contribution is 5.94. The smallest absolute Gasteiger partial charge is 0.260 e. The number of hydrogen-bond donors (Lipinski definition) is 2. The average Bonchev–Trinajstić information content (AvgIpc) is 3.51. The fourth-order valence-corrected chi connectivity index (χ4v) is 4.30. The highest BCUT2D eigenvalue weighted by atomic mass is 16.5. The van der Waals surface area contributed by atoms with Gasteiger partial charge in [-0.2, -0.15) is 0 Å². The van der Waals surface area contributed by atoms with Crippen LogP contribution in [0.1, 0.15) is 35.3 Å². The van der Waals surface area contributed by atoms with Crippen LogP contribution in [0.3, 0.4) is 0 Å². The Morgan fingerprint density at radius 3 is 2.60 bits per heavy atom. The first-order chi connectivity index (χ1) is 14.5. The fraction of sp³-hybridized carbons (Fsp3) is 0.435. The maximum absolute atomic E-state index is 12.4. The number of rotatable bonds is 6. The standard InChI is InChI=1S/C23H27N3O4/c1-15-11-17(12-21(27)24-15)23(29)25-20-13-19(20)16-7-9-26(10-8-16)22(28)14-30-18-5-3-2-4-6-18/h2-6,11-12,16,19-20H,7-10,13-14H2,1H3,(H,24,27)(H,25,29)/t19-,20+/m0/s1. The fourth-order valence-electron chi connectivity index (χ4n) is 4.30. The van der Waals surface area contributed by atoms with E-state index in [1.165, 1.54) is 6.07 Å². The van der Waals surface area contributed by atoms with Crippen LogP contribution in [0.15, 0.2) is 47.3 Å². The molecule has 4 rings (SSSR count). The number of benzene rings is 1. The summed E-state index contributed by atoms with van der Waals surface area (Å²) in [6.45, 7) is 3.28. The molecule has 158 valence electrons. The van der Waals surface area contributed by atoms with Gasteiger partial charge >= 0.3 is 0 Å². The minimum absolute atomic E-state index is 0.0163. The predicted octanol–water partition coefficient (Wildman–Crippen LogP) is 2.12. The van der Waals surface area contributed by atoms with Gasteiger partial charge in [-0.3, -0.25) is 14.4 Å². The molecule has 1 aliphatic heterocycles. The lowest BCUT2D eigenvalue weighted by molar-refractivity contribution is -0.134. The van der Waals surface area contributed by atoms with E-state index in [0.717, 1.165) is 32.4 Å². The Bertz CT molecular complexity index is 964. The highest BCUT2D eigenvalue weighted by Gasteiger charge is 2.44. The molecule has 1 aliphatic carbocycles. The lowest BCUT2D eigenvalue weighted by Gasteiger charge is -2.32. The number of likely N-dealkylation sites (tertiary alicyclic amines) is 1. The number of ether oxygens (including phenoxy) is 1. The second kappa shape index (κ2) is 8.73. The third-order valence-corrected chi connectivity index (χ3v) is 6.00. The van der Waals surface area contributed by atoms with E-state index >= 15 is 0 Å². The molecule has 1 saturated carbocycles. The number of nitrogens with zero attached hydrogens (tertiary/aromatic N) is 1. The Morgan fingerprint density at radius 2 is 1.90 bits per heavy atom. The summed E-state index contributed by atoms with van der Waals surface area (Å²) in [5.41, 5.74) is 0.815. The molecule has 2 aliphatic rings. The molecule has 30 heavy (non-hydrogen) atoms. The van der Waals surface area contributed by atoms with E-state index in [-0.39, 0.29) is 30.0 Å². The van der Waals surface area contributed by atoms with Crippen molar-refractivity contribution in [2.45, 2.75) is 32.2 Å². The molecular formula is C23H27N3O4. The Morgan fingerprint density at radius 1 is 1.17 bits per heavy atom. The van der Waals surface area contributed by atoms with Crippen LogP contribution >= 0.6 is 0 Å². The molecule has 2 fully saturated rings. The first kappa shape index (κ1) is 20.2. The summed E-state index contributed by atoms with van der Waals surface area (Å²) in [5.74, 6) is 1.49. The van der Waals surface area contributed by atoms with E-state index < -0.39 is 0 Å². The van der Waals surface area contributed by atoms with Crippen molar-refractivity contribution < 1.29 is 14.3 Å². The van der Waals surface area contributed by atoms with Gasteiger partial charge in [0, 0.05) is 36.5 Å². The van der Waals surface area contributed by atoms with Crippen molar-refractivity contribution in [2.75, 3.05) is 19.7 Å². The lowest BCUT2D eigenvalue weighted by atomic mass is 9.91. The minimum atomic E-state index is -0.263. The zero-order valence-electron chi connectivity index (χ0n) is 17.1. The van der Waals surface area contributed by atoms with Crippen LogP contribution in [0.4, 0.5) is 0 Å². The van der Waals surface area contributed by atoms with Gasteiger partial charge < -0.3 is 19.9 Å². The van der Waals surface area contributed by atoms with E-state index in [9.17, 15) is 14.4 Å².